The molecule has 0 radical (unpaired) electrons. The van der Waals surface area contributed by atoms with Gasteiger partial charge in [0.05, 0.1) is 17.7 Å². The van der Waals surface area contributed by atoms with Crippen molar-refractivity contribution in [3.8, 4) is 11.5 Å². The number of benzene rings is 2. The minimum Gasteiger partial charge on any atom is -0.488 e. The van der Waals surface area contributed by atoms with E-state index in [1.54, 1.807) is 30.3 Å². The summed E-state index contributed by atoms with van der Waals surface area (Å²) < 4.78 is 47.0. The summed E-state index contributed by atoms with van der Waals surface area (Å²) in [5, 5.41) is 0. The summed E-state index contributed by atoms with van der Waals surface area (Å²) >= 11 is 0. The molecule has 0 N–H and O–H groups in total. The van der Waals surface area contributed by atoms with Gasteiger partial charge in [-0.05, 0) is 24.3 Å². The van der Waals surface area contributed by atoms with E-state index >= 15 is 0 Å². The van der Waals surface area contributed by atoms with E-state index < -0.39 is 24.6 Å². The SMILES string of the molecule is O=C1c2ccccc2C(=O)N1CCOc1ccccc1OCC(F)(F)F. The third-order valence-corrected chi connectivity index (χ3v) is 3.69. The van der Waals surface area contributed by atoms with Crippen LogP contribution in [0.1, 0.15) is 20.7 Å². The number of alkyl halides is 3. The molecule has 0 aliphatic carbocycles. The van der Waals surface area contributed by atoms with Crippen LogP contribution in [0.15, 0.2) is 48.5 Å². The molecular weight excluding hydrogens is 351 g/mol. The zero-order valence-corrected chi connectivity index (χ0v) is 13.5. The zero-order chi connectivity index (χ0) is 18.7. The zero-order valence-electron chi connectivity index (χ0n) is 13.5. The molecule has 1 aliphatic rings. The lowest BCUT2D eigenvalue weighted by Gasteiger charge is -2.16. The molecular formula is C18H14F3NO4. The van der Waals surface area contributed by atoms with Crippen LogP contribution in [0.2, 0.25) is 0 Å². The monoisotopic (exact) mass is 365 g/mol. The Balaban J connectivity index is 1.61. The first kappa shape index (κ1) is 17.8. The molecule has 5 nitrogen and oxygen atoms in total. The Morgan fingerprint density at radius 2 is 1.31 bits per heavy atom. The Kier molecular flexibility index (Phi) is 4.83. The van der Waals surface area contributed by atoms with Crippen molar-refractivity contribution in [3.05, 3.63) is 59.7 Å². The molecule has 26 heavy (non-hydrogen) atoms. The number of halogens is 3. The first-order valence-corrected chi connectivity index (χ1v) is 7.73. The molecule has 0 saturated carbocycles. The minimum absolute atomic E-state index is 0.0278. The van der Waals surface area contributed by atoms with Crippen molar-refractivity contribution < 1.29 is 32.2 Å². The molecule has 2 amide bonds. The smallest absolute Gasteiger partial charge is 0.422 e. The molecule has 1 heterocycles. The molecule has 0 fully saturated rings. The van der Waals surface area contributed by atoms with Gasteiger partial charge in [0.2, 0.25) is 0 Å². The fraction of sp³-hybridized carbons (Fsp3) is 0.222. The predicted octanol–water partition coefficient (Wildman–Crippen LogP) is 3.30. The largest absolute Gasteiger partial charge is 0.488 e. The first-order valence-electron chi connectivity index (χ1n) is 7.73. The van der Waals surface area contributed by atoms with Crippen molar-refractivity contribution in [3.63, 3.8) is 0 Å². The molecule has 0 atom stereocenters. The Morgan fingerprint density at radius 1 is 0.808 bits per heavy atom. The van der Waals surface area contributed by atoms with E-state index in [0.717, 1.165) is 4.90 Å². The lowest BCUT2D eigenvalue weighted by Crippen LogP contribution is -2.33. The Morgan fingerprint density at radius 3 is 1.85 bits per heavy atom. The number of nitrogens with zero attached hydrogens (tertiary/aromatic N) is 1. The van der Waals surface area contributed by atoms with Crippen LogP contribution < -0.4 is 9.47 Å². The highest BCUT2D eigenvalue weighted by Gasteiger charge is 2.34. The second kappa shape index (κ2) is 7.07. The van der Waals surface area contributed by atoms with E-state index in [1.807, 2.05) is 0 Å². The molecule has 136 valence electrons. The van der Waals surface area contributed by atoms with Gasteiger partial charge in [-0.1, -0.05) is 24.3 Å². The standard InChI is InChI=1S/C18H14F3NO4/c19-18(20,21)11-26-15-8-4-3-7-14(15)25-10-9-22-16(23)12-5-1-2-6-13(12)17(22)24/h1-8H,9-11H2. The van der Waals surface area contributed by atoms with Crippen molar-refractivity contribution in [2.45, 2.75) is 6.18 Å². The van der Waals surface area contributed by atoms with E-state index in [4.69, 9.17) is 9.47 Å². The van der Waals surface area contributed by atoms with Gasteiger partial charge in [0.25, 0.3) is 11.8 Å². The second-order valence-electron chi connectivity index (χ2n) is 5.51. The highest BCUT2D eigenvalue weighted by atomic mass is 19.4. The van der Waals surface area contributed by atoms with Gasteiger partial charge in [0.15, 0.2) is 18.1 Å². The van der Waals surface area contributed by atoms with Gasteiger partial charge in [-0.25, -0.2) is 0 Å². The fourth-order valence-electron chi connectivity index (χ4n) is 2.54. The van der Waals surface area contributed by atoms with Crippen LogP contribution >= 0.6 is 0 Å². The predicted molar refractivity (Wildman–Crippen MR) is 85.3 cm³/mol. The molecule has 2 aromatic rings. The third kappa shape index (κ3) is 3.79. The van der Waals surface area contributed by atoms with Crippen LogP contribution in [0.4, 0.5) is 13.2 Å². The number of hydrogen-bond donors (Lipinski definition) is 0. The molecule has 2 aromatic carbocycles. The van der Waals surface area contributed by atoms with Crippen LogP contribution in [0.5, 0.6) is 11.5 Å². The second-order valence-corrected chi connectivity index (χ2v) is 5.51. The molecule has 0 bridgehead atoms. The number of amides is 2. The number of rotatable bonds is 6. The summed E-state index contributed by atoms with van der Waals surface area (Å²) in [6.45, 7) is -1.54. The van der Waals surface area contributed by atoms with Crippen molar-refractivity contribution in [1.82, 2.24) is 4.90 Å². The van der Waals surface area contributed by atoms with Crippen molar-refractivity contribution in [2.24, 2.45) is 0 Å². The lowest BCUT2D eigenvalue weighted by molar-refractivity contribution is -0.153. The number of imide groups is 1. The van der Waals surface area contributed by atoms with Crippen molar-refractivity contribution in [1.29, 1.82) is 0 Å². The molecule has 3 rings (SSSR count). The van der Waals surface area contributed by atoms with E-state index in [1.165, 1.54) is 18.2 Å². The van der Waals surface area contributed by atoms with E-state index in [2.05, 4.69) is 0 Å². The number of para-hydroxylation sites is 2. The van der Waals surface area contributed by atoms with Gasteiger partial charge in [0.1, 0.15) is 6.61 Å². The highest BCUT2D eigenvalue weighted by Crippen LogP contribution is 2.29. The maximum atomic E-state index is 12.3. The van der Waals surface area contributed by atoms with Crippen LogP contribution in [0.3, 0.4) is 0 Å². The number of fused-ring (bicyclic) bond motifs is 1. The van der Waals surface area contributed by atoms with Crippen LogP contribution in [-0.4, -0.2) is 42.6 Å². The number of hydrogen-bond acceptors (Lipinski definition) is 4. The third-order valence-electron chi connectivity index (χ3n) is 3.69. The van der Waals surface area contributed by atoms with E-state index in [-0.39, 0.29) is 24.7 Å². The molecule has 8 heteroatoms. The van der Waals surface area contributed by atoms with Crippen LogP contribution in [0, 0.1) is 0 Å². The van der Waals surface area contributed by atoms with Gasteiger partial charge in [-0.3, -0.25) is 14.5 Å². The van der Waals surface area contributed by atoms with Gasteiger partial charge >= 0.3 is 6.18 Å². The molecule has 1 aliphatic heterocycles. The molecule has 0 saturated heterocycles. The summed E-state index contributed by atoms with van der Waals surface area (Å²) in [6.07, 6.45) is -4.47. The Hall–Kier alpha value is -3.03. The number of carbonyl (C=O) groups excluding carboxylic acids is 2. The first-order chi connectivity index (χ1) is 12.4. The normalized spacial score (nSPS) is 13.7. The summed E-state index contributed by atoms with van der Waals surface area (Å²) in [5.74, 6) is -0.799. The highest BCUT2D eigenvalue weighted by molar-refractivity contribution is 6.21. The van der Waals surface area contributed by atoms with E-state index in [0.29, 0.717) is 11.1 Å². The molecule has 0 spiro atoms. The van der Waals surface area contributed by atoms with Gasteiger partial charge in [-0.15, -0.1) is 0 Å². The summed E-state index contributed by atoms with van der Waals surface area (Å²) in [7, 11) is 0. The molecule has 0 unspecified atom stereocenters. The maximum absolute atomic E-state index is 12.3. The van der Waals surface area contributed by atoms with E-state index in [9.17, 15) is 22.8 Å². The summed E-state index contributed by atoms with van der Waals surface area (Å²) in [4.78, 5) is 25.5. The lowest BCUT2D eigenvalue weighted by atomic mass is 10.1. The Bertz CT molecular complexity index is 800. The van der Waals surface area contributed by atoms with Crippen LogP contribution in [0.25, 0.3) is 0 Å². The number of carbonyl (C=O) groups is 2. The Labute approximate surface area is 146 Å². The number of ether oxygens (including phenoxy) is 2. The van der Waals surface area contributed by atoms with Gasteiger partial charge in [-0.2, -0.15) is 13.2 Å². The van der Waals surface area contributed by atoms with Gasteiger partial charge < -0.3 is 9.47 Å². The van der Waals surface area contributed by atoms with Gasteiger partial charge in [0, 0.05) is 0 Å². The minimum atomic E-state index is -4.47. The summed E-state index contributed by atoms with van der Waals surface area (Å²) in [6, 6.07) is 12.4. The average molecular weight is 365 g/mol. The molecule has 0 aromatic heterocycles. The van der Waals surface area contributed by atoms with Crippen LogP contribution in [-0.2, 0) is 0 Å². The van der Waals surface area contributed by atoms with Crippen molar-refractivity contribution in [2.75, 3.05) is 19.8 Å². The van der Waals surface area contributed by atoms with Crippen molar-refractivity contribution >= 4 is 11.8 Å². The summed E-state index contributed by atoms with van der Waals surface area (Å²) in [5.41, 5.74) is 0.651. The topological polar surface area (TPSA) is 55.8 Å². The maximum Gasteiger partial charge on any atom is 0.422 e. The fourth-order valence-corrected chi connectivity index (χ4v) is 2.54. The average Bonchev–Trinajstić information content (AvgIpc) is 2.85. The quantitative estimate of drug-likeness (QED) is 0.737.